The lowest BCUT2D eigenvalue weighted by Gasteiger charge is -2.24. The maximum atomic E-state index is 14.0. The van der Waals surface area contributed by atoms with Crippen molar-refractivity contribution in [3.63, 3.8) is 0 Å². The average molecular weight is 436 g/mol. The number of ether oxygens (including phenoxy) is 1. The molecule has 0 fully saturated rings. The second-order valence-corrected chi connectivity index (χ2v) is 6.49. The number of methoxy groups -OCH3 is 1. The molecular weight excluding hydrogens is 414 g/mol. The van der Waals surface area contributed by atoms with Crippen molar-refractivity contribution in [1.82, 2.24) is 4.98 Å². The van der Waals surface area contributed by atoms with Crippen LogP contribution < -0.4 is 4.90 Å². The number of halogens is 2. The van der Waals surface area contributed by atoms with E-state index in [4.69, 9.17) is 4.74 Å². The SMILES string of the molecule is C=C(C(=O)N(/C(C)=C/C/N=C\C(F)=C/COC)c1cccnc1)c1cccc(F)c1C#N. The summed E-state index contributed by atoms with van der Waals surface area (Å²) < 4.78 is 32.3. The summed E-state index contributed by atoms with van der Waals surface area (Å²) in [5.74, 6) is -1.84. The molecule has 0 spiro atoms. The molecule has 1 amide bonds. The van der Waals surface area contributed by atoms with Gasteiger partial charge in [0.1, 0.15) is 17.7 Å². The van der Waals surface area contributed by atoms with Gasteiger partial charge in [-0.2, -0.15) is 5.26 Å². The lowest BCUT2D eigenvalue weighted by atomic mass is 9.99. The molecule has 2 aromatic rings. The second-order valence-electron chi connectivity index (χ2n) is 6.49. The molecule has 1 heterocycles. The number of pyridine rings is 1. The third kappa shape index (κ3) is 6.27. The summed E-state index contributed by atoms with van der Waals surface area (Å²) in [4.78, 5) is 22.7. The Morgan fingerprint density at radius 1 is 1.34 bits per heavy atom. The van der Waals surface area contributed by atoms with Crippen LogP contribution in [-0.4, -0.2) is 37.4 Å². The summed E-state index contributed by atoms with van der Waals surface area (Å²) in [6, 6.07) is 9.10. The summed E-state index contributed by atoms with van der Waals surface area (Å²) >= 11 is 0. The minimum Gasteiger partial charge on any atom is -0.381 e. The molecule has 1 aromatic carbocycles. The number of carbonyl (C=O) groups is 1. The van der Waals surface area contributed by atoms with Crippen molar-refractivity contribution in [3.8, 4) is 6.07 Å². The number of rotatable bonds is 9. The Labute approximate surface area is 185 Å². The number of benzene rings is 1. The third-order valence-electron chi connectivity index (χ3n) is 4.32. The van der Waals surface area contributed by atoms with Crippen molar-refractivity contribution in [1.29, 1.82) is 5.26 Å². The number of amides is 1. The van der Waals surface area contributed by atoms with Gasteiger partial charge in [0.25, 0.3) is 5.91 Å². The van der Waals surface area contributed by atoms with E-state index in [1.54, 1.807) is 37.4 Å². The number of anilines is 1. The normalized spacial score (nSPS) is 12.0. The topological polar surface area (TPSA) is 78.6 Å². The number of hydrogen-bond donors (Lipinski definition) is 0. The Bertz CT molecular complexity index is 1100. The first-order valence-corrected chi connectivity index (χ1v) is 9.54. The highest BCUT2D eigenvalue weighted by Crippen LogP contribution is 2.26. The molecule has 0 saturated carbocycles. The van der Waals surface area contributed by atoms with Crippen LogP contribution in [0.1, 0.15) is 18.1 Å². The quantitative estimate of drug-likeness (QED) is 0.425. The van der Waals surface area contributed by atoms with Gasteiger partial charge >= 0.3 is 0 Å². The summed E-state index contributed by atoms with van der Waals surface area (Å²) in [6.45, 7) is 5.69. The zero-order valence-electron chi connectivity index (χ0n) is 17.8. The smallest absolute Gasteiger partial charge is 0.262 e. The lowest BCUT2D eigenvalue weighted by Crippen LogP contribution is -2.30. The van der Waals surface area contributed by atoms with Crippen LogP contribution in [0.5, 0.6) is 0 Å². The van der Waals surface area contributed by atoms with Gasteiger partial charge in [-0.1, -0.05) is 18.7 Å². The fourth-order valence-electron chi connectivity index (χ4n) is 2.74. The van der Waals surface area contributed by atoms with Gasteiger partial charge in [-0.25, -0.2) is 8.78 Å². The van der Waals surface area contributed by atoms with Gasteiger partial charge in [0.15, 0.2) is 0 Å². The van der Waals surface area contributed by atoms with Crippen molar-refractivity contribution < 1.29 is 18.3 Å². The van der Waals surface area contributed by atoms with Gasteiger partial charge in [-0.3, -0.25) is 19.7 Å². The predicted octanol–water partition coefficient (Wildman–Crippen LogP) is 4.61. The van der Waals surface area contributed by atoms with Crippen LogP contribution >= 0.6 is 0 Å². The molecule has 0 atom stereocenters. The van der Waals surface area contributed by atoms with Crippen molar-refractivity contribution in [2.45, 2.75) is 6.92 Å². The second kappa shape index (κ2) is 12.0. The van der Waals surface area contributed by atoms with E-state index in [1.807, 2.05) is 0 Å². The number of allylic oxidation sites excluding steroid dienone is 2. The maximum absolute atomic E-state index is 14.0. The van der Waals surface area contributed by atoms with E-state index in [2.05, 4.69) is 16.6 Å². The minimum atomic E-state index is -0.739. The Morgan fingerprint density at radius 2 is 2.12 bits per heavy atom. The molecule has 0 radical (unpaired) electrons. The van der Waals surface area contributed by atoms with Gasteiger partial charge in [-0.15, -0.1) is 0 Å². The van der Waals surface area contributed by atoms with Gasteiger partial charge in [0.2, 0.25) is 0 Å². The van der Waals surface area contributed by atoms with Gasteiger partial charge in [-0.05, 0) is 37.3 Å². The zero-order valence-corrected chi connectivity index (χ0v) is 17.8. The zero-order chi connectivity index (χ0) is 23.5. The molecule has 8 heteroatoms. The molecule has 2 rings (SSSR count). The number of nitriles is 1. The summed E-state index contributed by atoms with van der Waals surface area (Å²) in [7, 11) is 1.45. The highest BCUT2D eigenvalue weighted by Gasteiger charge is 2.24. The molecule has 1 aromatic heterocycles. The van der Waals surface area contributed by atoms with E-state index in [1.165, 1.54) is 36.4 Å². The minimum absolute atomic E-state index is 0.0605. The van der Waals surface area contributed by atoms with Crippen molar-refractivity contribution in [2.75, 3.05) is 25.2 Å². The standard InChI is InChI=1S/C24H22F2N4O2/c1-17(9-12-29-15-19(25)10-13-32-3)30(20-6-5-11-28-16-20)24(31)18(2)21-7-4-8-23(26)22(21)14-27/h4-11,15-16H,2,12-13H2,1,3H3/b17-9+,19-10+,29-15-. The van der Waals surface area contributed by atoms with Crippen molar-refractivity contribution in [2.24, 2.45) is 4.99 Å². The van der Waals surface area contributed by atoms with Crippen LogP contribution in [0.3, 0.4) is 0 Å². The molecule has 0 aliphatic rings. The van der Waals surface area contributed by atoms with Crippen molar-refractivity contribution >= 4 is 23.4 Å². The van der Waals surface area contributed by atoms with Crippen LogP contribution in [-0.2, 0) is 9.53 Å². The first kappa shape index (κ1) is 24.3. The number of hydrogen-bond acceptors (Lipinski definition) is 5. The summed E-state index contributed by atoms with van der Waals surface area (Å²) in [5, 5.41) is 9.30. The highest BCUT2D eigenvalue weighted by molar-refractivity contribution is 6.27. The summed E-state index contributed by atoms with van der Waals surface area (Å²) in [5.41, 5.74) is 0.689. The van der Waals surface area contributed by atoms with Crippen LogP contribution in [0, 0.1) is 17.1 Å². The summed E-state index contributed by atoms with van der Waals surface area (Å²) in [6.07, 6.45) is 6.95. The number of carbonyl (C=O) groups excluding carboxylic acids is 1. The fraction of sp³-hybridized carbons (Fsp3) is 0.167. The van der Waals surface area contributed by atoms with Gasteiger partial charge in [0.05, 0.1) is 36.8 Å². The number of aromatic nitrogens is 1. The molecule has 164 valence electrons. The largest absolute Gasteiger partial charge is 0.381 e. The Hall–Kier alpha value is -3.96. The van der Waals surface area contributed by atoms with E-state index in [9.17, 15) is 18.8 Å². The van der Waals surface area contributed by atoms with E-state index >= 15 is 0 Å². The monoisotopic (exact) mass is 436 g/mol. The molecule has 32 heavy (non-hydrogen) atoms. The van der Waals surface area contributed by atoms with E-state index in [-0.39, 0.29) is 29.9 Å². The Balaban J connectivity index is 2.35. The molecule has 0 saturated heterocycles. The van der Waals surface area contributed by atoms with Crippen LogP contribution in [0.15, 0.2) is 78.0 Å². The van der Waals surface area contributed by atoms with E-state index < -0.39 is 17.6 Å². The van der Waals surface area contributed by atoms with Crippen LogP contribution in [0.25, 0.3) is 5.57 Å². The molecular formula is C24H22F2N4O2. The first-order chi connectivity index (χ1) is 15.4. The predicted molar refractivity (Wildman–Crippen MR) is 120 cm³/mol. The molecule has 0 aliphatic carbocycles. The van der Waals surface area contributed by atoms with Crippen LogP contribution in [0.4, 0.5) is 14.5 Å². The molecule has 0 aliphatic heterocycles. The molecule has 0 N–H and O–H groups in total. The molecule has 0 bridgehead atoms. The van der Waals surface area contributed by atoms with Crippen molar-refractivity contribution in [3.05, 3.63) is 89.9 Å². The van der Waals surface area contributed by atoms with Gasteiger partial charge < -0.3 is 4.74 Å². The Kier molecular flexibility index (Phi) is 9.14. The van der Waals surface area contributed by atoms with Crippen LogP contribution in [0.2, 0.25) is 0 Å². The average Bonchev–Trinajstić information content (AvgIpc) is 2.80. The molecule has 6 nitrogen and oxygen atoms in total. The number of aliphatic imine (C=N–C) groups is 1. The number of nitrogens with zero attached hydrogens (tertiary/aromatic N) is 4. The fourth-order valence-corrected chi connectivity index (χ4v) is 2.74. The molecule has 0 unspecified atom stereocenters. The Morgan fingerprint density at radius 3 is 2.78 bits per heavy atom. The van der Waals surface area contributed by atoms with Gasteiger partial charge in [0, 0.05) is 30.1 Å². The van der Waals surface area contributed by atoms with E-state index in [0.29, 0.717) is 11.4 Å². The maximum Gasteiger partial charge on any atom is 0.262 e. The lowest BCUT2D eigenvalue weighted by molar-refractivity contribution is -0.112. The first-order valence-electron chi connectivity index (χ1n) is 9.54. The third-order valence-corrected chi connectivity index (χ3v) is 4.32. The van der Waals surface area contributed by atoms with E-state index in [0.717, 1.165) is 12.3 Å². The highest BCUT2D eigenvalue weighted by atomic mass is 19.1.